The van der Waals surface area contributed by atoms with Gasteiger partial charge in [0.1, 0.15) is 5.82 Å². The highest BCUT2D eigenvalue weighted by atomic mass is 35.5. The average Bonchev–Trinajstić information content (AvgIpc) is 2.48. The van der Waals surface area contributed by atoms with Crippen molar-refractivity contribution in [3.8, 4) is 0 Å². The van der Waals surface area contributed by atoms with Crippen molar-refractivity contribution < 1.29 is 14.3 Å². The van der Waals surface area contributed by atoms with Crippen molar-refractivity contribution in [1.82, 2.24) is 0 Å². The summed E-state index contributed by atoms with van der Waals surface area (Å²) in [5, 5.41) is 12.2. The molecule has 2 N–H and O–H groups in total. The lowest BCUT2D eigenvalue weighted by molar-refractivity contribution is -0.138. The lowest BCUT2D eigenvalue weighted by Gasteiger charge is -2.10. The molecule has 5 heteroatoms. The largest absolute Gasteiger partial charge is 0.481 e. The van der Waals surface area contributed by atoms with Gasteiger partial charge in [0.05, 0.1) is 10.9 Å². The maximum absolute atomic E-state index is 13.0. The molecule has 0 radical (unpaired) electrons. The first-order valence-corrected chi connectivity index (χ1v) is 6.85. The van der Waals surface area contributed by atoms with Crippen molar-refractivity contribution in [2.24, 2.45) is 0 Å². The van der Waals surface area contributed by atoms with Crippen LogP contribution in [-0.2, 0) is 11.3 Å². The first kappa shape index (κ1) is 15.3. The Labute approximate surface area is 127 Å². The normalized spacial score (nSPS) is 12.0. The average molecular weight is 308 g/mol. The molecule has 0 fully saturated rings. The number of carboxylic acid groups (broad SMARTS) is 1. The van der Waals surface area contributed by atoms with E-state index in [4.69, 9.17) is 16.7 Å². The predicted octanol–water partition coefficient (Wildman–Crippen LogP) is 4.28. The van der Waals surface area contributed by atoms with Gasteiger partial charge in [-0.2, -0.15) is 0 Å². The molecule has 0 heterocycles. The fourth-order valence-electron chi connectivity index (χ4n) is 1.88. The lowest BCUT2D eigenvalue weighted by atomic mass is 10.00. The Morgan fingerprint density at radius 1 is 1.29 bits per heavy atom. The SMILES string of the molecule is CC(C(=O)O)c1ccc(CNc2ccc(F)c(Cl)c2)cc1. The van der Waals surface area contributed by atoms with E-state index in [9.17, 15) is 9.18 Å². The van der Waals surface area contributed by atoms with Gasteiger partial charge in [-0.3, -0.25) is 4.79 Å². The highest BCUT2D eigenvalue weighted by molar-refractivity contribution is 6.31. The molecule has 0 aliphatic heterocycles. The van der Waals surface area contributed by atoms with Gasteiger partial charge in [0, 0.05) is 12.2 Å². The first-order chi connectivity index (χ1) is 9.97. The molecular weight excluding hydrogens is 293 g/mol. The van der Waals surface area contributed by atoms with Gasteiger partial charge in [-0.25, -0.2) is 4.39 Å². The summed E-state index contributed by atoms with van der Waals surface area (Å²) < 4.78 is 13.0. The molecule has 0 bridgehead atoms. The van der Waals surface area contributed by atoms with Gasteiger partial charge in [0.25, 0.3) is 0 Å². The Bertz CT molecular complexity index is 643. The molecule has 3 nitrogen and oxygen atoms in total. The van der Waals surface area contributed by atoms with Crippen LogP contribution >= 0.6 is 11.6 Å². The first-order valence-electron chi connectivity index (χ1n) is 6.48. The summed E-state index contributed by atoms with van der Waals surface area (Å²) in [7, 11) is 0. The van der Waals surface area contributed by atoms with Crippen molar-refractivity contribution in [3.05, 3.63) is 64.4 Å². The Hall–Kier alpha value is -2.07. The minimum atomic E-state index is -0.846. The van der Waals surface area contributed by atoms with Crippen molar-refractivity contribution in [3.63, 3.8) is 0 Å². The molecule has 0 saturated carbocycles. The highest BCUT2D eigenvalue weighted by Crippen LogP contribution is 2.20. The zero-order valence-corrected chi connectivity index (χ0v) is 12.2. The van der Waals surface area contributed by atoms with Gasteiger partial charge in [0.2, 0.25) is 0 Å². The molecule has 1 atom stereocenters. The summed E-state index contributed by atoms with van der Waals surface area (Å²) in [6.07, 6.45) is 0. The van der Waals surface area contributed by atoms with Crippen LogP contribution in [0.25, 0.3) is 0 Å². The monoisotopic (exact) mass is 307 g/mol. The highest BCUT2D eigenvalue weighted by Gasteiger charge is 2.12. The molecule has 0 spiro atoms. The van der Waals surface area contributed by atoms with Gasteiger partial charge in [0.15, 0.2) is 0 Å². The van der Waals surface area contributed by atoms with Crippen LogP contribution in [0.5, 0.6) is 0 Å². The van der Waals surface area contributed by atoms with Gasteiger partial charge in [-0.05, 0) is 36.2 Å². The van der Waals surface area contributed by atoms with E-state index in [-0.39, 0.29) is 5.02 Å². The van der Waals surface area contributed by atoms with E-state index < -0.39 is 17.7 Å². The minimum absolute atomic E-state index is 0.0747. The van der Waals surface area contributed by atoms with Crippen LogP contribution in [0.4, 0.5) is 10.1 Å². The second kappa shape index (κ2) is 6.59. The fraction of sp³-hybridized carbons (Fsp3) is 0.188. The van der Waals surface area contributed by atoms with E-state index in [1.165, 1.54) is 12.1 Å². The molecular formula is C16H15ClFNO2. The second-order valence-electron chi connectivity index (χ2n) is 4.78. The number of aliphatic carboxylic acids is 1. The number of rotatable bonds is 5. The zero-order valence-electron chi connectivity index (χ0n) is 11.4. The molecule has 0 amide bonds. The summed E-state index contributed by atoms with van der Waals surface area (Å²) in [4.78, 5) is 10.9. The van der Waals surface area contributed by atoms with Crippen LogP contribution in [0.3, 0.4) is 0 Å². The topological polar surface area (TPSA) is 49.3 Å². The summed E-state index contributed by atoms with van der Waals surface area (Å²) in [6, 6.07) is 11.8. The zero-order chi connectivity index (χ0) is 15.4. The third-order valence-corrected chi connectivity index (χ3v) is 3.56. The van der Waals surface area contributed by atoms with E-state index in [0.717, 1.165) is 16.8 Å². The molecule has 110 valence electrons. The van der Waals surface area contributed by atoms with E-state index in [1.54, 1.807) is 25.1 Å². The number of carbonyl (C=O) groups is 1. The molecule has 2 aromatic rings. The minimum Gasteiger partial charge on any atom is -0.481 e. The summed E-state index contributed by atoms with van der Waals surface area (Å²) in [5.41, 5.74) is 2.48. The molecule has 0 aromatic heterocycles. The van der Waals surface area contributed by atoms with Crippen molar-refractivity contribution in [2.75, 3.05) is 5.32 Å². The molecule has 0 saturated heterocycles. The number of carboxylic acids is 1. The summed E-state index contributed by atoms with van der Waals surface area (Å²) in [6.45, 7) is 2.19. The van der Waals surface area contributed by atoms with Crippen molar-refractivity contribution in [1.29, 1.82) is 0 Å². The molecule has 0 aliphatic rings. The van der Waals surface area contributed by atoms with Crippen molar-refractivity contribution >= 4 is 23.3 Å². The van der Waals surface area contributed by atoms with Crippen molar-refractivity contribution in [2.45, 2.75) is 19.4 Å². The smallest absolute Gasteiger partial charge is 0.310 e. The Morgan fingerprint density at radius 2 is 1.95 bits per heavy atom. The van der Waals surface area contributed by atoms with Gasteiger partial charge >= 0.3 is 5.97 Å². The van der Waals surface area contributed by atoms with Gasteiger partial charge in [-0.15, -0.1) is 0 Å². The molecule has 2 aromatic carbocycles. The number of nitrogens with one attached hydrogen (secondary N) is 1. The second-order valence-corrected chi connectivity index (χ2v) is 5.19. The number of benzene rings is 2. The number of anilines is 1. The van der Waals surface area contributed by atoms with Crippen LogP contribution < -0.4 is 5.32 Å². The van der Waals surface area contributed by atoms with E-state index >= 15 is 0 Å². The van der Waals surface area contributed by atoms with Crippen LogP contribution in [0.1, 0.15) is 24.0 Å². The quantitative estimate of drug-likeness (QED) is 0.867. The fourth-order valence-corrected chi connectivity index (χ4v) is 2.06. The van der Waals surface area contributed by atoms with Crippen LogP contribution in [0, 0.1) is 5.82 Å². The molecule has 2 rings (SSSR count). The lowest BCUT2D eigenvalue weighted by Crippen LogP contribution is -2.07. The number of hydrogen-bond donors (Lipinski definition) is 2. The van der Waals surface area contributed by atoms with E-state index in [2.05, 4.69) is 5.32 Å². The van der Waals surface area contributed by atoms with Crippen LogP contribution in [-0.4, -0.2) is 11.1 Å². The maximum atomic E-state index is 13.0. The Kier molecular flexibility index (Phi) is 4.81. The van der Waals surface area contributed by atoms with Gasteiger partial charge < -0.3 is 10.4 Å². The number of halogens is 2. The summed E-state index contributed by atoms with van der Waals surface area (Å²) >= 11 is 5.71. The van der Waals surface area contributed by atoms with Crippen LogP contribution in [0.2, 0.25) is 5.02 Å². The summed E-state index contributed by atoms with van der Waals surface area (Å²) in [5.74, 6) is -1.82. The number of hydrogen-bond acceptors (Lipinski definition) is 2. The maximum Gasteiger partial charge on any atom is 0.310 e. The van der Waals surface area contributed by atoms with E-state index in [1.807, 2.05) is 12.1 Å². The third-order valence-electron chi connectivity index (χ3n) is 3.27. The standard InChI is InChI=1S/C16H15ClFNO2/c1-10(16(20)21)12-4-2-11(3-5-12)9-19-13-6-7-15(18)14(17)8-13/h2-8,10,19H,9H2,1H3,(H,20,21). The van der Waals surface area contributed by atoms with Crippen LogP contribution in [0.15, 0.2) is 42.5 Å². The van der Waals surface area contributed by atoms with E-state index in [0.29, 0.717) is 6.54 Å². The third kappa shape index (κ3) is 3.95. The molecule has 21 heavy (non-hydrogen) atoms. The van der Waals surface area contributed by atoms with Gasteiger partial charge in [-0.1, -0.05) is 35.9 Å². The molecule has 0 aliphatic carbocycles. The predicted molar refractivity (Wildman–Crippen MR) is 81.2 cm³/mol. The Balaban J connectivity index is 2.00. The molecule has 1 unspecified atom stereocenters. The Morgan fingerprint density at radius 3 is 2.52 bits per heavy atom.